The molecule has 0 saturated heterocycles. The summed E-state index contributed by atoms with van der Waals surface area (Å²) in [5.74, 6) is 0.0425. The molecule has 0 aliphatic carbocycles. The number of esters is 1. The molecule has 2 aromatic rings. The molecule has 0 saturated carbocycles. The van der Waals surface area contributed by atoms with Crippen LogP contribution in [-0.4, -0.2) is 33.3 Å². The second-order valence-electron chi connectivity index (χ2n) is 2.76. The molecule has 0 aromatic carbocycles. The number of nitrogens with zero attached hydrogens (tertiary/aromatic N) is 3. The van der Waals surface area contributed by atoms with E-state index in [2.05, 4.69) is 15.0 Å². The minimum absolute atomic E-state index is 0.229. The fourth-order valence-corrected chi connectivity index (χ4v) is 2.77. The number of hydrogen-bond donors (Lipinski definition) is 0. The van der Waals surface area contributed by atoms with Gasteiger partial charge in [-0.1, -0.05) is 23.1 Å². The van der Waals surface area contributed by atoms with E-state index >= 15 is 0 Å². The van der Waals surface area contributed by atoms with E-state index in [1.165, 1.54) is 23.1 Å². The van der Waals surface area contributed by atoms with Crippen LogP contribution in [0.4, 0.5) is 0 Å². The Morgan fingerprint density at radius 3 is 3.06 bits per heavy atom. The molecular weight excluding hydrogens is 246 g/mol. The summed E-state index contributed by atoms with van der Waals surface area (Å²) in [6, 6.07) is 0. The van der Waals surface area contributed by atoms with Crippen molar-refractivity contribution in [3.8, 4) is 0 Å². The smallest absolute Gasteiger partial charge is 0.316 e. The van der Waals surface area contributed by atoms with Crippen LogP contribution in [0.25, 0.3) is 10.5 Å². The molecule has 0 aliphatic heterocycles. The van der Waals surface area contributed by atoms with Crippen LogP contribution in [0.1, 0.15) is 6.92 Å². The fourth-order valence-electron chi connectivity index (χ4n) is 1.04. The standard InChI is InChI=1S/C9H9N3O2S2/c1-2-14-6(13)5-15-9-12-7-8(16-9)11-4-3-10-7/h3-4H,2,5H2,1H3. The van der Waals surface area contributed by atoms with E-state index in [1.54, 1.807) is 19.3 Å². The molecule has 0 amide bonds. The SMILES string of the molecule is CCOC(=O)CSc1nc2nccnc2s1. The maximum absolute atomic E-state index is 11.1. The molecule has 2 aromatic heterocycles. The molecule has 0 fully saturated rings. The maximum Gasteiger partial charge on any atom is 0.316 e. The number of rotatable bonds is 4. The van der Waals surface area contributed by atoms with Crippen LogP contribution in [0.15, 0.2) is 16.7 Å². The van der Waals surface area contributed by atoms with E-state index in [0.717, 1.165) is 9.17 Å². The van der Waals surface area contributed by atoms with Crippen molar-refractivity contribution in [1.29, 1.82) is 0 Å². The van der Waals surface area contributed by atoms with E-state index in [9.17, 15) is 4.79 Å². The lowest BCUT2D eigenvalue weighted by Gasteiger charge is -1.98. The Hall–Kier alpha value is -1.21. The molecule has 0 atom stereocenters. The summed E-state index contributed by atoms with van der Waals surface area (Å²) < 4.78 is 5.61. The lowest BCUT2D eigenvalue weighted by molar-refractivity contribution is -0.139. The summed E-state index contributed by atoms with van der Waals surface area (Å²) in [6.45, 7) is 2.19. The van der Waals surface area contributed by atoms with Crippen LogP contribution in [-0.2, 0) is 9.53 Å². The first kappa shape index (κ1) is 11.3. The Morgan fingerprint density at radius 1 is 1.50 bits per heavy atom. The molecule has 2 heterocycles. The first-order valence-corrected chi connectivity index (χ1v) is 6.45. The summed E-state index contributed by atoms with van der Waals surface area (Å²) in [5, 5.41) is 0. The van der Waals surface area contributed by atoms with Crippen LogP contribution in [0.3, 0.4) is 0 Å². The van der Waals surface area contributed by atoms with Gasteiger partial charge >= 0.3 is 5.97 Å². The third-order valence-electron chi connectivity index (χ3n) is 1.65. The third kappa shape index (κ3) is 2.67. The van der Waals surface area contributed by atoms with Gasteiger partial charge in [-0.2, -0.15) is 0 Å². The summed E-state index contributed by atoms with van der Waals surface area (Å²) in [5.41, 5.74) is 0.624. The zero-order valence-corrected chi connectivity index (χ0v) is 10.2. The van der Waals surface area contributed by atoms with Crippen molar-refractivity contribution in [3.05, 3.63) is 12.4 Å². The minimum Gasteiger partial charge on any atom is -0.465 e. The zero-order valence-electron chi connectivity index (χ0n) is 8.54. The number of hydrogen-bond acceptors (Lipinski definition) is 7. The monoisotopic (exact) mass is 255 g/mol. The average molecular weight is 255 g/mol. The topological polar surface area (TPSA) is 65.0 Å². The predicted molar refractivity (Wildman–Crippen MR) is 62.6 cm³/mol. The molecule has 84 valence electrons. The highest BCUT2D eigenvalue weighted by atomic mass is 32.2. The molecule has 0 unspecified atom stereocenters. The van der Waals surface area contributed by atoms with Crippen LogP contribution in [0.5, 0.6) is 0 Å². The highest BCUT2D eigenvalue weighted by molar-refractivity contribution is 8.01. The number of ether oxygens (including phenoxy) is 1. The Kier molecular flexibility index (Phi) is 3.68. The summed E-state index contributed by atoms with van der Waals surface area (Å²) in [4.78, 5) is 24.4. The summed E-state index contributed by atoms with van der Waals surface area (Å²) >= 11 is 2.77. The van der Waals surface area contributed by atoms with Gasteiger partial charge in [0.25, 0.3) is 0 Å². The molecule has 7 heteroatoms. The van der Waals surface area contributed by atoms with Crippen LogP contribution in [0.2, 0.25) is 0 Å². The molecular formula is C9H9N3O2S2. The molecule has 0 aliphatic rings. The largest absolute Gasteiger partial charge is 0.465 e. The quantitative estimate of drug-likeness (QED) is 0.612. The Bertz CT molecular complexity index is 467. The summed E-state index contributed by atoms with van der Waals surface area (Å²) in [6.07, 6.45) is 3.22. The van der Waals surface area contributed by atoms with Gasteiger partial charge in [0.2, 0.25) is 0 Å². The maximum atomic E-state index is 11.1. The van der Waals surface area contributed by atoms with Crippen LogP contribution >= 0.6 is 23.1 Å². The number of aromatic nitrogens is 3. The van der Waals surface area contributed by atoms with E-state index in [1.807, 2.05) is 0 Å². The molecule has 2 rings (SSSR count). The lowest BCUT2D eigenvalue weighted by atomic mass is 10.7. The molecule has 0 N–H and O–H groups in total. The Balaban J connectivity index is 2.02. The van der Waals surface area contributed by atoms with E-state index < -0.39 is 0 Å². The number of thioether (sulfide) groups is 1. The first-order chi connectivity index (χ1) is 7.79. The van der Waals surface area contributed by atoms with Gasteiger partial charge in [0.15, 0.2) is 14.8 Å². The fraction of sp³-hybridized carbons (Fsp3) is 0.333. The van der Waals surface area contributed by atoms with Crippen molar-refractivity contribution >= 4 is 39.5 Å². The number of carbonyl (C=O) groups excluding carboxylic acids is 1. The highest BCUT2D eigenvalue weighted by Gasteiger charge is 2.08. The number of thiazole rings is 1. The van der Waals surface area contributed by atoms with Gasteiger partial charge in [0.05, 0.1) is 12.4 Å². The molecule has 16 heavy (non-hydrogen) atoms. The minimum atomic E-state index is -0.229. The van der Waals surface area contributed by atoms with Gasteiger partial charge < -0.3 is 4.74 Å². The Labute approximate surface area is 100 Å². The molecule has 0 bridgehead atoms. The first-order valence-electron chi connectivity index (χ1n) is 4.65. The van der Waals surface area contributed by atoms with Crippen molar-refractivity contribution in [2.75, 3.05) is 12.4 Å². The van der Waals surface area contributed by atoms with Crippen molar-refractivity contribution in [3.63, 3.8) is 0 Å². The van der Waals surface area contributed by atoms with Crippen molar-refractivity contribution in [2.24, 2.45) is 0 Å². The van der Waals surface area contributed by atoms with Crippen LogP contribution < -0.4 is 0 Å². The van der Waals surface area contributed by atoms with E-state index in [4.69, 9.17) is 4.74 Å². The second-order valence-corrected chi connectivity index (χ2v) is 4.96. The highest BCUT2D eigenvalue weighted by Crippen LogP contribution is 2.26. The van der Waals surface area contributed by atoms with Crippen molar-refractivity contribution in [2.45, 2.75) is 11.3 Å². The van der Waals surface area contributed by atoms with Gasteiger partial charge in [-0.05, 0) is 6.92 Å². The Morgan fingerprint density at radius 2 is 2.31 bits per heavy atom. The molecule has 0 spiro atoms. The van der Waals surface area contributed by atoms with Gasteiger partial charge in [-0.25, -0.2) is 15.0 Å². The van der Waals surface area contributed by atoms with Crippen molar-refractivity contribution < 1.29 is 9.53 Å². The molecule has 5 nitrogen and oxygen atoms in total. The number of carbonyl (C=O) groups is 1. The number of fused-ring (bicyclic) bond motifs is 1. The lowest BCUT2D eigenvalue weighted by Crippen LogP contribution is -2.06. The van der Waals surface area contributed by atoms with Crippen LogP contribution in [0, 0.1) is 0 Å². The van der Waals surface area contributed by atoms with Gasteiger partial charge in [0.1, 0.15) is 0 Å². The van der Waals surface area contributed by atoms with E-state index in [0.29, 0.717) is 12.3 Å². The summed E-state index contributed by atoms with van der Waals surface area (Å²) in [7, 11) is 0. The second kappa shape index (κ2) is 5.22. The normalized spacial score (nSPS) is 10.6. The van der Waals surface area contributed by atoms with E-state index in [-0.39, 0.29) is 11.7 Å². The zero-order chi connectivity index (χ0) is 11.4. The van der Waals surface area contributed by atoms with Gasteiger partial charge in [0, 0.05) is 12.4 Å². The third-order valence-corrected chi connectivity index (χ3v) is 3.72. The van der Waals surface area contributed by atoms with Gasteiger partial charge in [-0.3, -0.25) is 4.79 Å². The molecule has 0 radical (unpaired) electrons. The average Bonchev–Trinajstić information content (AvgIpc) is 2.69. The van der Waals surface area contributed by atoms with Crippen molar-refractivity contribution in [1.82, 2.24) is 15.0 Å². The van der Waals surface area contributed by atoms with Gasteiger partial charge in [-0.15, -0.1) is 0 Å². The predicted octanol–water partition coefficient (Wildman–Crippen LogP) is 1.74.